The van der Waals surface area contributed by atoms with Gasteiger partial charge in [-0.15, -0.1) is 11.3 Å². The highest BCUT2D eigenvalue weighted by Crippen LogP contribution is 2.24. The summed E-state index contributed by atoms with van der Waals surface area (Å²) in [4.78, 5) is 47.2. The molecule has 0 fully saturated rings. The summed E-state index contributed by atoms with van der Waals surface area (Å²) in [6, 6.07) is 11.6. The van der Waals surface area contributed by atoms with E-state index in [1.165, 1.54) is 9.44 Å². The van der Waals surface area contributed by atoms with Gasteiger partial charge in [0.2, 0.25) is 5.91 Å². The number of aryl methyl sites for hydroxylation is 1. The third kappa shape index (κ3) is 3.48. The van der Waals surface area contributed by atoms with Crippen molar-refractivity contribution in [3.8, 4) is 0 Å². The highest BCUT2D eigenvalue weighted by atomic mass is 32.1. The minimum Gasteiger partial charge on any atom is -0.336 e. The predicted octanol–water partition coefficient (Wildman–Crippen LogP) is 2.07. The molecule has 4 aromatic rings. The number of fused-ring (bicyclic) bond motifs is 2. The average molecular weight is 450 g/mol. The lowest BCUT2D eigenvalue weighted by molar-refractivity contribution is -0.132. The van der Waals surface area contributed by atoms with Crippen LogP contribution in [-0.4, -0.2) is 36.0 Å². The quantitative estimate of drug-likeness (QED) is 0.467. The van der Waals surface area contributed by atoms with Crippen LogP contribution in [-0.2, 0) is 37.4 Å². The van der Waals surface area contributed by atoms with Crippen LogP contribution in [0.25, 0.3) is 11.2 Å². The molecule has 0 aliphatic carbocycles. The van der Waals surface area contributed by atoms with Crippen LogP contribution in [0.1, 0.15) is 22.9 Å². The van der Waals surface area contributed by atoms with Gasteiger partial charge in [0.15, 0.2) is 11.2 Å². The van der Waals surface area contributed by atoms with Crippen molar-refractivity contribution in [2.45, 2.75) is 39.5 Å². The first-order valence-corrected chi connectivity index (χ1v) is 11.5. The normalized spacial score (nSPS) is 13.5. The third-order valence-electron chi connectivity index (χ3n) is 5.96. The highest BCUT2D eigenvalue weighted by Gasteiger charge is 2.24. The first-order chi connectivity index (χ1) is 15.6. The molecule has 1 aromatic carbocycles. The van der Waals surface area contributed by atoms with Crippen LogP contribution in [0.15, 0.2) is 57.7 Å². The van der Waals surface area contributed by atoms with Crippen molar-refractivity contribution in [3.05, 3.63) is 84.9 Å². The number of hydrogen-bond donors (Lipinski definition) is 0. The predicted molar refractivity (Wildman–Crippen MR) is 123 cm³/mol. The molecule has 1 aliphatic rings. The SMILES string of the molecule is CCn1cnc2c1c(=O)n(CC(=O)N1CCc3sccc3C1)c(=O)n2Cc1ccccc1. The summed E-state index contributed by atoms with van der Waals surface area (Å²) < 4.78 is 4.27. The molecular weight excluding hydrogens is 426 g/mol. The molecule has 4 heterocycles. The summed E-state index contributed by atoms with van der Waals surface area (Å²) in [5.74, 6) is -0.228. The van der Waals surface area contributed by atoms with Crippen molar-refractivity contribution in [1.29, 1.82) is 0 Å². The van der Waals surface area contributed by atoms with Crippen LogP contribution >= 0.6 is 11.3 Å². The number of carbonyl (C=O) groups is 1. The molecule has 0 atom stereocenters. The molecule has 0 saturated heterocycles. The summed E-state index contributed by atoms with van der Waals surface area (Å²) in [7, 11) is 0. The molecule has 1 amide bonds. The number of rotatable bonds is 5. The van der Waals surface area contributed by atoms with E-state index in [1.807, 2.05) is 48.7 Å². The van der Waals surface area contributed by atoms with Crippen LogP contribution in [0.2, 0.25) is 0 Å². The van der Waals surface area contributed by atoms with Crippen LogP contribution in [0, 0.1) is 0 Å². The maximum Gasteiger partial charge on any atom is 0.333 e. The monoisotopic (exact) mass is 449 g/mol. The second-order valence-electron chi connectivity index (χ2n) is 7.88. The summed E-state index contributed by atoms with van der Waals surface area (Å²) in [6.45, 7) is 3.55. The van der Waals surface area contributed by atoms with E-state index in [1.54, 1.807) is 27.1 Å². The Labute approximate surface area is 188 Å². The number of imidazole rings is 1. The summed E-state index contributed by atoms with van der Waals surface area (Å²) >= 11 is 1.70. The smallest absolute Gasteiger partial charge is 0.333 e. The van der Waals surface area contributed by atoms with E-state index in [0.29, 0.717) is 30.8 Å². The fourth-order valence-electron chi connectivity index (χ4n) is 4.22. The van der Waals surface area contributed by atoms with Crippen molar-refractivity contribution < 1.29 is 4.79 Å². The van der Waals surface area contributed by atoms with E-state index < -0.39 is 11.2 Å². The zero-order chi connectivity index (χ0) is 22.2. The minimum absolute atomic E-state index is 0.228. The van der Waals surface area contributed by atoms with E-state index in [2.05, 4.69) is 4.98 Å². The Morgan fingerprint density at radius 1 is 1.12 bits per heavy atom. The first kappa shape index (κ1) is 20.4. The van der Waals surface area contributed by atoms with Gasteiger partial charge in [-0.05, 0) is 35.9 Å². The minimum atomic E-state index is -0.519. The van der Waals surface area contributed by atoms with E-state index >= 15 is 0 Å². The van der Waals surface area contributed by atoms with Gasteiger partial charge in [0.05, 0.1) is 12.9 Å². The molecule has 9 heteroatoms. The lowest BCUT2D eigenvalue weighted by atomic mass is 10.1. The van der Waals surface area contributed by atoms with Crippen LogP contribution in [0.4, 0.5) is 0 Å². The van der Waals surface area contributed by atoms with Gasteiger partial charge in [-0.3, -0.25) is 14.2 Å². The van der Waals surface area contributed by atoms with Crippen molar-refractivity contribution in [2.75, 3.05) is 6.54 Å². The number of amides is 1. The average Bonchev–Trinajstić information content (AvgIpc) is 3.46. The van der Waals surface area contributed by atoms with E-state index in [4.69, 9.17) is 0 Å². The molecule has 0 spiro atoms. The summed E-state index contributed by atoms with van der Waals surface area (Å²) in [5, 5.41) is 2.03. The van der Waals surface area contributed by atoms with Crippen molar-refractivity contribution >= 4 is 28.4 Å². The highest BCUT2D eigenvalue weighted by molar-refractivity contribution is 7.10. The summed E-state index contributed by atoms with van der Waals surface area (Å²) in [6.07, 6.45) is 2.37. The molecule has 164 valence electrons. The molecule has 0 bridgehead atoms. The molecule has 0 radical (unpaired) electrons. The van der Waals surface area contributed by atoms with E-state index in [9.17, 15) is 14.4 Å². The zero-order valence-corrected chi connectivity index (χ0v) is 18.5. The maximum atomic E-state index is 13.4. The largest absolute Gasteiger partial charge is 0.336 e. The Kier molecular flexibility index (Phi) is 5.26. The molecule has 0 saturated carbocycles. The fourth-order valence-corrected chi connectivity index (χ4v) is 5.11. The van der Waals surface area contributed by atoms with Gasteiger partial charge in [-0.25, -0.2) is 14.3 Å². The molecule has 0 unspecified atom stereocenters. The number of nitrogens with zero attached hydrogens (tertiary/aromatic N) is 5. The van der Waals surface area contributed by atoms with Crippen LogP contribution < -0.4 is 11.2 Å². The van der Waals surface area contributed by atoms with Crippen LogP contribution in [0.3, 0.4) is 0 Å². The Bertz CT molecular complexity index is 1410. The van der Waals surface area contributed by atoms with Gasteiger partial charge in [-0.2, -0.15) is 0 Å². The van der Waals surface area contributed by atoms with Crippen molar-refractivity contribution in [2.24, 2.45) is 0 Å². The summed E-state index contributed by atoms with van der Waals surface area (Å²) in [5.41, 5.74) is 1.75. The lowest BCUT2D eigenvalue weighted by Crippen LogP contribution is -2.46. The van der Waals surface area contributed by atoms with E-state index in [0.717, 1.165) is 22.1 Å². The Morgan fingerprint density at radius 2 is 1.94 bits per heavy atom. The van der Waals surface area contributed by atoms with Gasteiger partial charge in [-0.1, -0.05) is 30.3 Å². The van der Waals surface area contributed by atoms with E-state index in [-0.39, 0.29) is 19.0 Å². The molecule has 3 aromatic heterocycles. The van der Waals surface area contributed by atoms with Gasteiger partial charge < -0.3 is 9.47 Å². The molecular formula is C23H23N5O3S. The second-order valence-corrected chi connectivity index (χ2v) is 8.88. The topological polar surface area (TPSA) is 82.1 Å². The standard InChI is InChI=1S/C23H23N5O3S/c1-2-25-15-24-21-20(25)22(30)28(23(31)27(21)12-16-6-4-3-5-7-16)14-19(29)26-10-8-18-17(13-26)9-11-32-18/h3-7,9,11,15H,2,8,10,12-14H2,1H3. The van der Waals surface area contributed by atoms with Crippen molar-refractivity contribution in [1.82, 2.24) is 23.6 Å². The second kappa shape index (κ2) is 8.23. The van der Waals surface area contributed by atoms with Crippen molar-refractivity contribution in [3.63, 3.8) is 0 Å². The van der Waals surface area contributed by atoms with Gasteiger partial charge in [0.1, 0.15) is 6.54 Å². The third-order valence-corrected chi connectivity index (χ3v) is 6.98. The van der Waals surface area contributed by atoms with Gasteiger partial charge >= 0.3 is 5.69 Å². The molecule has 1 aliphatic heterocycles. The number of benzene rings is 1. The molecule has 32 heavy (non-hydrogen) atoms. The molecule has 0 N–H and O–H groups in total. The number of carbonyl (C=O) groups excluding carboxylic acids is 1. The number of thiophene rings is 1. The molecule has 5 rings (SSSR count). The zero-order valence-electron chi connectivity index (χ0n) is 17.7. The van der Waals surface area contributed by atoms with Gasteiger partial charge in [0, 0.05) is 24.5 Å². The Morgan fingerprint density at radius 3 is 2.72 bits per heavy atom. The first-order valence-electron chi connectivity index (χ1n) is 10.6. The lowest BCUT2D eigenvalue weighted by Gasteiger charge is -2.27. The fraction of sp³-hybridized carbons (Fsp3) is 0.304. The number of aromatic nitrogens is 4. The molecule has 8 nitrogen and oxygen atoms in total. The Balaban J connectivity index is 1.56. The van der Waals surface area contributed by atoms with Crippen LogP contribution in [0.5, 0.6) is 0 Å². The van der Waals surface area contributed by atoms with Gasteiger partial charge in [0.25, 0.3) is 5.56 Å². The Hall–Kier alpha value is -3.46. The number of hydrogen-bond acceptors (Lipinski definition) is 5. The maximum absolute atomic E-state index is 13.4.